The molecule has 6 heteroatoms. The summed E-state index contributed by atoms with van der Waals surface area (Å²) in [6.45, 7) is 2.28. The second-order valence-corrected chi connectivity index (χ2v) is 9.58. The van der Waals surface area contributed by atoms with Crippen molar-refractivity contribution in [3.8, 4) is 0 Å². The summed E-state index contributed by atoms with van der Waals surface area (Å²) in [5.74, 6) is 0. The molecule has 1 aliphatic rings. The van der Waals surface area contributed by atoms with Crippen LogP contribution in [0.3, 0.4) is 0 Å². The number of aliphatic hydroxyl groups excluding tert-OH is 4. The van der Waals surface area contributed by atoms with E-state index < -0.39 is 37.3 Å². The molecule has 0 aromatic carbocycles. The topological polar surface area (TPSA) is 99.4 Å². The van der Waals surface area contributed by atoms with Gasteiger partial charge in [0.15, 0.2) is 6.29 Å². The van der Waals surface area contributed by atoms with Gasteiger partial charge < -0.3 is 29.9 Å². The lowest BCUT2D eigenvalue weighted by Crippen LogP contribution is -2.59. The van der Waals surface area contributed by atoms with Gasteiger partial charge in [0.1, 0.15) is 24.4 Å². The minimum Gasteiger partial charge on any atom is -0.394 e. The molecule has 0 aromatic rings. The van der Waals surface area contributed by atoms with Gasteiger partial charge in [-0.05, 0) is 6.42 Å². The smallest absolute Gasteiger partial charge is 0.186 e. The fourth-order valence-corrected chi connectivity index (χ4v) is 4.41. The van der Waals surface area contributed by atoms with Crippen LogP contribution in [-0.2, 0) is 9.47 Å². The summed E-state index contributed by atoms with van der Waals surface area (Å²) < 4.78 is 10.9. The number of hydrogen-bond acceptors (Lipinski definition) is 6. The Morgan fingerprint density at radius 1 is 0.562 bits per heavy atom. The molecule has 1 aliphatic heterocycles. The number of hydrogen-bond donors (Lipinski definition) is 4. The van der Waals surface area contributed by atoms with Gasteiger partial charge in [-0.15, -0.1) is 0 Å². The zero-order chi connectivity index (χ0) is 23.4. The largest absolute Gasteiger partial charge is 0.394 e. The second-order valence-electron chi connectivity index (χ2n) is 9.58. The molecule has 1 fully saturated rings. The summed E-state index contributed by atoms with van der Waals surface area (Å²) in [6, 6.07) is 0. The maximum Gasteiger partial charge on any atom is 0.186 e. The molecule has 1 saturated heterocycles. The first-order chi connectivity index (χ1) is 15.6. The first-order valence-corrected chi connectivity index (χ1v) is 13.5. The van der Waals surface area contributed by atoms with Crippen LogP contribution in [0.15, 0.2) is 0 Å². The van der Waals surface area contributed by atoms with Gasteiger partial charge in [0.25, 0.3) is 0 Å². The SMILES string of the molecule is CCCCCCCCCCCCCCCCCCCCO[C@H]1O[C@H](CO)[C@@H](O)[C@H](O)[C@@H]1O. The second kappa shape index (κ2) is 20.2. The van der Waals surface area contributed by atoms with E-state index in [0.717, 1.165) is 12.8 Å². The van der Waals surface area contributed by atoms with Crippen molar-refractivity contribution in [3.05, 3.63) is 0 Å². The molecule has 1 heterocycles. The van der Waals surface area contributed by atoms with E-state index in [9.17, 15) is 20.4 Å². The van der Waals surface area contributed by atoms with Crippen LogP contribution in [0.2, 0.25) is 0 Å². The van der Waals surface area contributed by atoms with Crippen molar-refractivity contribution < 1.29 is 29.9 Å². The van der Waals surface area contributed by atoms with Crippen LogP contribution in [0.5, 0.6) is 0 Å². The Bertz CT molecular complexity index is 406. The van der Waals surface area contributed by atoms with E-state index in [2.05, 4.69) is 6.92 Å². The van der Waals surface area contributed by atoms with Gasteiger partial charge in [-0.3, -0.25) is 0 Å². The predicted molar refractivity (Wildman–Crippen MR) is 128 cm³/mol. The third-order valence-electron chi connectivity index (χ3n) is 6.63. The maximum absolute atomic E-state index is 9.93. The van der Waals surface area contributed by atoms with Crippen molar-refractivity contribution in [2.24, 2.45) is 0 Å². The van der Waals surface area contributed by atoms with Crippen LogP contribution < -0.4 is 0 Å². The van der Waals surface area contributed by atoms with Gasteiger partial charge in [-0.25, -0.2) is 0 Å². The average Bonchev–Trinajstić information content (AvgIpc) is 2.80. The third kappa shape index (κ3) is 13.5. The van der Waals surface area contributed by atoms with Crippen LogP contribution in [0.4, 0.5) is 0 Å². The molecular formula is C26H52O6. The fraction of sp³-hybridized carbons (Fsp3) is 1.00. The quantitative estimate of drug-likeness (QED) is 0.183. The zero-order valence-electron chi connectivity index (χ0n) is 20.6. The van der Waals surface area contributed by atoms with Gasteiger partial charge in [-0.1, -0.05) is 116 Å². The first kappa shape index (κ1) is 29.8. The lowest BCUT2D eigenvalue weighted by atomic mass is 9.99. The van der Waals surface area contributed by atoms with E-state index in [1.54, 1.807) is 0 Å². The summed E-state index contributed by atoms with van der Waals surface area (Å²) in [7, 11) is 0. The van der Waals surface area contributed by atoms with Crippen molar-refractivity contribution in [3.63, 3.8) is 0 Å². The zero-order valence-corrected chi connectivity index (χ0v) is 20.6. The van der Waals surface area contributed by atoms with Crippen molar-refractivity contribution in [2.75, 3.05) is 13.2 Å². The molecule has 5 atom stereocenters. The highest BCUT2D eigenvalue weighted by atomic mass is 16.7. The Hall–Kier alpha value is -0.240. The van der Waals surface area contributed by atoms with E-state index >= 15 is 0 Å². The first-order valence-electron chi connectivity index (χ1n) is 13.5. The normalized spacial score (nSPS) is 26.0. The minimum absolute atomic E-state index is 0.427. The van der Waals surface area contributed by atoms with E-state index in [4.69, 9.17) is 9.47 Å². The molecule has 4 N–H and O–H groups in total. The Morgan fingerprint density at radius 3 is 1.38 bits per heavy atom. The van der Waals surface area contributed by atoms with Gasteiger partial charge in [0, 0.05) is 6.61 Å². The molecule has 0 unspecified atom stereocenters. The highest BCUT2D eigenvalue weighted by Gasteiger charge is 2.43. The average molecular weight is 461 g/mol. The predicted octanol–water partition coefficient (Wildman–Crippen LogP) is 4.84. The Kier molecular flexibility index (Phi) is 18.8. The minimum atomic E-state index is -1.37. The maximum atomic E-state index is 9.93. The molecule has 0 aromatic heterocycles. The van der Waals surface area contributed by atoms with Crippen molar-refractivity contribution in [1.29, 1.82) is 0 Å². The van der Waals surface area contributed by atoms with Crippen molar-refractivity contribution in [2.45, 2.75) is 153 Å². The molecule has 1 rings (SSSR count). The van der Waals surface area contributed by atoms with E-state index in [1.165, 1.54) is 103 Å². The summed E-state index contributed by atoms with van der Waals surface area (Å²) in [5.41, 5.74) is 0. The molecule has 0 spiro atoms. The molecule has 0 radical (unpaired) electrons. The van der Waals surface area contributed by atoms with Gasteiger partial charge in [0.05, 0.1) is 6.61 Å². The molecule has 32 heavy (non-hydrogen) atoms. The third-order valence-corrected chi connectivity index (χ3v) is 6.63. The van der Waals surface area contributed by atoms with Gasteiger partial charge in [-0.2, -0.15) is 0 Å². The summed E-state index contributed by atoms with van der Waals surface area (Å²) in [5, 5.41) is 38.6. The summed E-state index contributed by atoms with van der Waals surface area (Å²) in [4.78, 5) is 0. The fourth-order valence-electron chi connectivity index (χ4n) is 4.41. The van der Waals surface area contributed by atoms with Crippen molar-refractivity contribution >= 4 is 0 Å². The highest BCUT2D eigenvalue weighted by molar-refractivity contribution is 4.88. The standard InChI is InChI=1S/C26H52O6/c1-2-3-4-5-6-7-8-9-10-11-12-13-14-15-16-17-18-19-20-31-26-25(30)24(29)23(28)22(21-27)32-26/h22-30H,2-21H2,1H3/t22-,23-,24+,25+,26+/m1/s1. The van der Waals surface area contributed by atoms with Gasteiger partial charge in [0.2, 0.25) is 0 Å². The van der Waals surface area contributed by atoms with E-state index in [-0.39, 0.29) is 0 Å². The Morgan fingerprint density at radius 2 is 0.969 bits per heavy atom. The van der Waals surface area contributed by atoms with Crippen LogP contribution in [0, 0.1) is 0 Å². The summed E-state index contributed by atoms with van der Waals surface area (Å²) in [6.07, 6.45) is 17.9. The summed E-state index contributed by atoms with van der Waals surface area (Å²) >= 11 is 0. The molecular weight excluding hydrogens is 408 g/mol. The Labute approximate surface area is 196 Å². The molecule has 192 valence electrons. The molecule has 0 bridgehead atoms. The van der Waals surface area contributed by atoms with Crippen LogP contribution in [-0.4, -0.2) is 64.3 Å². The molecule has 0 aliphatic carbocycles. The molecule has 0 amide bonds. The highest BCUT2D eigenvalue weighted by Crippen LogP contribution is 2.22. The van der Waals surface area contributed by atoms with Crippen LogP contribution in [0.1, 0.15) is 122 Å². The van der Waals surface area contributed by atoms with Gasteiger partial charge >= 0.3 is 0 Å². The Balaban J connectivity index is 1.82. The monoisotopic (exact) mass is 460 g/mol. The molecule has 0 saturated carbocycles. The van der Waals surface area contributed by atoms with E-state index in [0.29, 0.717) is 6.61 Å². The number of unbranched alkanes of at least 4 members (excludes halogenated alkanes) is 17. The van der Waals surface area contributed by atoms with Crippen LogP contribution in [0.25, 0.3) is 0 Å². The van der Waals surface area contributed by atoms with Crippen molar-refractivity contribution in [1.82, 2.24) is 0 Å². The number of aliphatic hydroxyl groups is 4. The van der Waals surface area contributed by atoms with E-state index in [1.807, 2.05) is 0 Å². The molecule has 6 nitrogen and oxygen atoms in total. The number of rotatable bonds is 21. The lowest BCUT2D eigenvalue weighted by Gasteiger charge is -2.39. The number of ether oxygens (including phenoxy) is 2. The lowest BCUT2D eigenvalue weighted by molar-refractivity contribution is -0.301. The van der Waals surface area contributed by atoms with Crippen LogP contribution >= 0.6 is 0 Å².